The summed E-state index contributed by atoms with van der Waals surface area (Å²) in [4.78, 5) is 25.0. The van der Waals surface area contributed by atoms with Crippen LogP contribution in [0.3, 0.4) is 0 Å². The van der Waals surface area contributed by atoms with Gasteiger partial charge in [0, 0.05) is 0 Å². The number of alkyl halides is 3. The second kappa shape index (κ2) is 9.96. The molecule has 36 heavy (non-hydrogen) atoms. The van der Waals surface area contributed by atoms with Crippen LogP contribution in [0.1, 0.15) is 51.3 Å². The summed E-state index contributed by atoms with van der Waals surface area (Å²) < 4.78 is 49.9. The van der Waals surface area contributed by atoms with Gasteiger partial charge in [0.1, 0.15) is 0 Å². The van der Waals surface area contributed by atoms with Crippen molar-refractivity contribution in [3.05, 3.63) is 101 Å². The van der Waals surface area contributed by atoms with Gasteiger partial charge in [-0.3, -0.25) is 0 Å². The van der Waals surface area contributed by atoms with E-state index in [2.05, 4.69) is 13.5 Å². The molecule has 0 spiro atoms. The number of nitrogens with one attached hydrogen (secondary N) is 1. The van der Waals surface area contributed by atoms with E-state index in [0.717, 1.165) is 23.3 Å². The maximum atomic E-state index is 13.3. The summed E-state index contributed by atoms with van der Waals surface area (Å²) in [5.74, 6) is -1.02. The van der Waals surface area contributed by atoms with E-state index in [1.165, 1.54) is 0 Å². The van der Waals surface area contributed by atoms with E-state index in [-0.39, 0.29) is 32.3 Å². The van der Waals surface area contributed by atoms with Crippen LogP contribution < -0.4 is 32.0 Å². The minimum absolute atomic E-state index is 0.0255. The van der Waals surface area contributed by atoms with Crippen molar-refractivity contribution in [1.82, 2.24) is 0 Å². The number of carboxylic acid groups (broad SMARTS) is 1. The fraction of sp³-hybridized carbons (Fsp3) is 0.185. The average Bonchev–Trinajstić information content (AvgIpc) is 3.10. The maximum absolute atomic E-state index is 13.3. The molecule has 1 aliphatic heterocycles. The third-order valence-corrected chi connectivity index (χ3v) is 7.64. The van der Waals surface area contributed by atoms with Gasteiger partial charge in [-0.2, -0.15) is 13.2 Å². The molecular weight excluding hydrogens is 586 g/mol. The Morgan fingerprint density at radius 2 is 1.89 bits per heavy atom. The van der Waals surface area contributed by atoms with Crippen molar-refractivity contribution < 1.29 is 48.7 Å². The summed E-state index contributed by atoms with van der Waals surface area (Å²) in [6, 6.07) is 5.51. The predicted molar refractivity (Wildman–Crippen MR) is 129 cm³/mol. The zero-order valence-corrected chi connectivity index (χ0v) is 21.7. The van der Waals surface area contributed by atoms with Crippen LogP contribution in [0.5, 0.6) is 0 Å². The number of anilines is 1. The molecule has 1 atom stereocenters. The van der Waals surface area contributed by atoms with Crippen LogP contribution in [0.25, 0.3) is 16.5 Å². The van der Waals surface area contributed by atoms with Gasteiger partial charge < -0.3 is 0 Å². The molecule has 0 saturated heterocycles. The van der Waals surface area contributed by atoms with E-state index in [4.69, 9.17) is 4.42 Å². The summed E-state index contributed by atoms with van der Waals surface area (Å²) in [6.45, 7) is 5.28. The third-order valence-electron chi connectivity index (χ3n) is 5.78. The van der Waals surface area contributed by atoms with Crippen LogP contribution in [0, 0.1) is 13.8 Å². The molecule has 188 valence electrons. The number of aryl methyl sites for hydroxylation is 1. The predicted octanol–water partition coefficient (Wildman–Crippen LogP) is 3.81. The zero-order chi connectivity index (χ0) is 26.2. The molecule has 1 aliphatic rings. The number of carboxylic acids is 1. The minimum atomic E-state index is -4.67. The molecule has 3 aromatic rings. The van der Waals surface area contributed by atoms with Crippen LogP contribution in [-0.2, 0) is 6.18 Å². The Morgan fingerprint density at radius 3 is 2.58 bits per heavy atom. The normalized spacial score (nSPS) is 14.7. The molecule has 5 nitrogen and oxygen atoms in total. The van der Waals surface area contributed by atoms with Crippen molar-refractivity contribution in [3.63, 3.8) is 0 Å². The van der Waals surface area contributed by atoms with E-state index in [9.17, 15) is 27.9 Å². The van der Waals surface area contributed by atoms with Gasteiger partial charge in [0.2, 0.25) is 0 Å². The van der Waals surface area contributed by atoms with Gasteiger partial charge in [0.25, 0.3) is 0 Å². The summed E-state index contributed by atoms with van der Waals surface area (Å²) in [7, 11) is 0. The molecule has 0 bridgehead atoms. The Morgan fingerprint density at radius 1 is 1.14 bits per heavy atom. The molecule has 2 N–H and O–H groups in total. The van der Waals surface area contributed by atoms with Gasteiger partial charge in [-0.25, -0.2) is 0 Å². The van der Waals surface area contributed by atoms with Gasteiger partial charge in [0.15, 0.2) is 0 Å². The van der Waals surface area contributed by atoms with Gasteiger partial charge in [-0.05, 0) is 0 Å². The SMILES string of the molecule is Cc1cc([C@@H](C)Nc2ccc(C(F)(F)F)cc2C(=O)O)c2oc(C3=C[I-]C=CC=C3)c(C)c(=O)c2c1. The van der Waals surface area contributed by atoms with Crippen LogP contribution in [0.2, 0.25) is 0 Å². The number of aromatic carboxylic acids is 1. The summed E-state index contributed by atoms with van der Waals surface area (Å²) >= 11 is -0.342. The fourth-order valence-electron chi connectivity index (χ4n) is 4.01. The first-order valence-corrected chi connectivity index (χ1v) is 13.4. The Bertz CT molecular complexity index is 1520. The third kappa shape index (κ3) is 5.11. The van der Waals surface area contributed by atoms with Crippen molar-refractivity contribution in [2.75, 3.05) is 5.32 Å². The summed E-state index contributed by atoms with van der Waals surface area (Å²) in [5.41, 5.74) is 1.32. The molecular formula is C27H22F3INO4-. The molecule has 2 heterocycles. The Labute approximate surface area is 215 Å². The fourth-order valence-corrected chi connectivity index (χ4v) is 5.57. The molecule has 0 saturated carbocycles. The molecule has 2 aromatic carbocycles. The quantitative estimate of drug-likeness (QED) is 0.431. The Hall–Kier alpha value is -3.34. The summed E-state index contributed by atoms with van der Waals surface area (Å²) in [5, 5.41) is 12.9. The number of hydrogen-bond acceptors (Lipinski definition) is 4. The molecule has 0 aliphatic carbocycles. The first-order chi connectivity index (χ1) is 17.0. The monoisotopic (exact) mass is 608 g/mol. The second-order valence-corrected chi connectivity index (χ2v) is 10.5. The first-order valence-electron chi connectivity index (χ1n) is 10.9. The van der Waals surface area contributed by atoms with Crippen molar-refractivity contribution >= 4 is 28.2 Å². The molecule has 4 rings (SSSR count). The van der Waals surface area contributed by atoms with E-state index >= 15 is 0 Å². The van der Waals surface area contributed by atoms with E-state index in [1.807, 2.05) is 31.2 Å². The number of carbonyl (C=O) groups is 1. The number of benzene rings is 2. The van der Waals surface area contributed by atoms with Crippen molar-refractivity contribution in [2.45, 2.75) is 33.0 Å². The zero-order valence-electron chi connectivity index (χ0n) is 19.5. The van der Waals surface area contributed by atoms with Crippen LogP contribution in [0.4, 0.5) is 18.9 Å². The number of halogens is 4. The Kier molecular flexibility index (Phi) is 7.12. The molecule has 9 heteroatoms. The van der Waals surface area contributed by atoms with Crippen LogP contribution in [-0.4, -0.2) is 11.1 Å². The van der Waals surface area contributed by atoms with Crippen molar-refractivity contribution in [1.29, 1.82) is 0 Å². The first kappa shape index (κ1) is 25.7. The van der Waals surface area contributed by atoms with Gasteiger partial charge in [-0.1, -0.05) is 0 Å². The molecule has 0 fully saturated rings. The topological polar surface area (TPSA) is 79.5 Å². The van der Waals surface area contributed by atoms with E-state index in [0.29, 0.717) is 33.9 Å². The van der Waals surface area contributed by atoms with Crippen LogP contribution >= 0.6 is 0 Å². The average molecular weight is 608 g/mol. The van der Waals surface area contributed by atoms with Gasteiger partial charge in [0.05, 0.1) is 0 Å². The molecule has 1 aromatic heterocycles. The van der Waals surface area contributed by atoms with E-state index < -0.39 is 29.3 Å². The van der Waals surface area contributed by atoms with Crippen LogP contribution in [0.15, 0.2) is 65.9 Å². The van der Waals surface area contributed by atoms with E-state index in [1.54, 1.807) is 19.9 Å². The molecule has 0 amide bonds. The number of rotatable bonds is 5. The number of hydrogen-bond donors (Lipinski definition) is 2. The Balaban J connectivity index is 1.84. The summed E-state index contributed by atoms with van der Waals surface area (Å²) in [6.07, 6.45) is 1.06. The molecule has 0 radical (unpaired) electrons. The standard InChI is InChI=1S/C27H22F3INO4/c1-14-10-19(16(3)32-22-8-7-18(27(28,29)30)12-20(22)26(34)35)25-21(11-14)23(33)15(2)24(36-25)17-6-4-5-9-31-13-17/h4-13,16,32H,1-3H3,(H,34,35)/q-1/t16-/m1/s1. The number of allylic oxidation sites excluding steroid dienone is 4. The van der Waals surface area contributed by atoms with Gasteiger partial charge >= 0.3 is 203 Å². The number of fused-ring (bicyclic) bond motifs is 1. The second-order valence-electron chi connectivity index (χ2n) is 8.41. The van der Waals surface area contributed by atoms with Crippen molar-refractivity contribution in [3.8, 4) is 0 Å². The van der Waals surface area contributed by atoms with Crippen molar-refractivity contribution in [2.24, 2.45) is 0 Å². The molecule has 0 unspecified atom stereocenters. The van der Waals surface area contributed by atoms with Gasteiger partial charge in [-0.15, -0.1) is 0 Å².